The van der Waals surface area contributed by atoms with Crippen LogP contribution in [0.15, 0.2) is 48.7 Å². The van der Waals surface area contributed by atoms with Gasteiger partial charge in [-0.3, -0.25) is 33.8 Å². The number of aliphatic hydroxyl groups is 1. The number of benzene rings is 1. The number of carbonyl (C=O) groups excluding carboxylic acids is 8. The van der Waals surface area contributed by atoms with Gasteiger partial charge < -0.3 is 47.7 Å². The molecule has 2 saturated carbocycles. The van der Waals surface area contributed by atoms with Gasteiger partial charge in [-0.1, -0.05) is 32.0 Å². The van der Waals surface area contributed by atoms with Crippen LogP contribution in [-0.4, -0.2) is 124 Å². The molecule has 4 aliphatic rings. The molecule has 0 unspecified atom stereocenters. The van der Waals surface area contributed by atoms with E-state index in [1.165, 1.54) is 56.4 Å². The van der Waals surface area contributed by atoms with Gasteiger partial charge in [0.15, 0.2) is 30.0 Å². The van der Waals surface area contributed by atoms with E-state index in [1.54, 1.807) is 13.0 Å². The molecule has 4 bridgehead atoms. The van der Waals surface area contributed by atoms with Gasteiger partial charge in [-0.2, -0.15) is 0 Å². The largest absolute Gasteiger partial charge is 0.465 e. The first-order valence-corrected chi connectivity index (χ1v) is 19.9. The zero-order valence-electron chi connectivity index (χ0n) is 35.6. The molecule has 62 heavy (non-hydrogen) atoms. The first-order chi connectivity index (χ1) is 29.0. The minimum Gasteiger partial charge on any atom is -0.465 e. The quantitative estimate of drug-likeness (QED) is 0.295. The van der Waals surface area contributed by atoms with Crippen LogP contribution in [0.4, 0.5) is 0 Å². The van der Waals surface area contributed by atoms with Crippen molar-refractivity contribution < 1.29 is 86.1 Å². The molecule has 1 aromatic carbocycles. The molecule has 19 heteroatoms. The molecular formula is C43H49NO18. The maximum Gasteiger partial charge on any atom is 0.340 e. The molecule has 0 amide bonds. The Hall–Kier alpha value is -5.95. The van der Waals surface area contributed by atoms with E-state index in [0.29, 0.717) is 0 Å². The van der Waals surface area contributed by atoms with Gasteiger partial charge in [0.2, 0.25) is 0 Å². The normalized spacial score (nSPS) is 36.0. The van der Waals surface area contributed by atoms with Crippen LogP contribution >= 0.6 is 0 Å². The second-order valence-corrected chi connectivity index (χ2v) is 16.5. The van der Waals surface area contributed by atoms with Crippen LogP contribution in [0.2, 0.25) is 0 Å². The highest BCUT2D eigenvalue weighted by molar-refractivity contribution is 5.91. The molecule has 19 nitrogen and oxygen atoms in total. The first-order valence-electron chi connectivity index (χ1n) is 19.9. The highest BCUT2D eigenvalue weighted by Crippen LogP contribution is 2.70. The fraction of sp³-hybridized carbons (Fsp3) is 0.558. The van der Waals surface area contributed by atoms with Crippen molar-refractivity contribution >= 4 is 47.8 Å². The monoisotopic (exact) mass is 867 g/mol. The highest BCUT2D eigenvalue weighted by atomic mass is 16.7. The molecule has 0 radical (unpaired) electrons. The van der Waals surface area contributed by atoms with E-state index in [-0.39, 0.29) is 16.8 Å². The molecule has 3 heterocycles. The number of hydrogen-bond acceptors (Lipinski definition) is 19. The lowest BCUT2D eigenvalue weighted by Gasteiger charge is -2.67. The summed E-state index contributed by atoms with van der Waals surface area (Å²) in [4.78, 5) is 114. The van der Waals surface area contributed by atoms with Crippen molar-refractivity contribution in [3.63, 3.8) is 0 Å². The molecule has 2 aliphatic heterocycles. The Bertz CT molecular complexity index is 2160. The van der Waals surface area contributed by atoms with Crippen molar-refractivity contribution in [1.29, 1.82) is 0 Å². The number of rotatable bonds is 8. The van der Waals surface area contributed by atoms with Gasteiger partial charge in [0, 0.05) is 46.7 Å². The number of pyridine rings is 1. The van der Waals surface area contributed by atoms with E-state index >= 15 is 0 Å². The number of ether oxygens (including phenoxy) is 9. The average Bonchev–Trinajstić information content (AvgIpc) is 3.42. The van der Waals surface area contributed by atoms with E-state index in [9.17, 15) is 43.5 Å². The number of esters is 8. The number of fused-ring (bicyclic) bond motifs is 5. The summed E-state index contributed by atoms with van der Waals surface area (Å²) in [7, 11) is 0. The standard InChI is InChI=1S/C43H49NO18/c1-20-21(2)37(50)61-34-32(60-38(51)27-14-11-10-12-15-27)36(59-26(7)49)42(19-54-22(3)45)35(58-25(6)48)31(56-23(4)46)29-33(57-24(5)47)43(42,41(34,9)53)62-40(29,8)18-55-39(52)28-16-13-17-44-30(20)28/h10-17,20-21,29,31-36,53H,18-19H2,1-9H3/t20-,21+,29-,31-,32+,33-,34+,35-,36+,40+,41+,42-,43+/m1/s1. The van der Waals surface area contributed by atoms with Crippen molar-refractivity contribution in [1.82, 2.24) is 4.98 Å². The smallest absolute Gasteiger partial charge is 0.340 e. The van der Waals surface area contributed by atoms with Crippen molar-refractivity contribution in [3.05, 3.63) is 65.5 Å². The van der Waals surface area contributed by atoms with Crippen LogP contribution in [0.25, 0.3) is 0 Å². The zero-order valence-corrected chi connectivity index (χ0v) is 35.6. The van der Waals surface area contributed by atoms with E-state index in [2.05, 4.69) is 4.98 Å². The number of aromatic nitrogens is 1. The Morgan fingerprint density at radius 1 is 0.742 bits per heavy atom. The fourth-order valence-corrected chi connectivity index (χ4v) is 9.82. The van der Waals surface area contributed by atoms with Crippen molar-refractivity contribution in [2.24, 2.45) is 17.3 Å². The first kappa shape index (κ1) is 45.6. The van der Waals surface area contributed by atoms with Gasteiger partial charge in [0.05, 0.1) is 28.7 Å². The fourth-order valence-electron chi connectivity index (χ4n) is 9.82. The molecule has 2 aromatic rings. The summed E-state index contributed by atoms with van der Waals surface area (Å²) in [5, 5.41) is 13.7. The molecule has 1 spiro atoms. The van der Waals surface area contributed by atoms with Gasteiger partial charge in [0.1, 0.15) is 42.0 Å². The molecule has 6 rings (SSSR count). The zero-order chi connectivity index (χ0) is 45.7. The van der Waals surface area contributed by atoms with Crippen LogP contribution in [0.3, 0.4) is 0 Å². The Kier molecular flexibility index (Phi) is 12.3. The molecule has 3 fully saturated rings. The summed E-state index contributed by atoms with van der Waals surface area (Å²) in [6, 6.07) is 10.3. The van der Waals surface area contributed by atoms with Gasteiger partial charge >= 0.3 is 47.8 Å². The Balaban J connectivity index is 1.80. The predicted molar refractivity (Wildman–Crippen MR) is 205 cm³/mol. The minimum absolute atomic E-state index is 0.0497. The molecule has 1 aromatic heterocycles. The maximum atomic E-state index is 14.6. The third kappa shape index (κ3) is 7.43. The molecular weight excluding hydrogens is 818 g/mol. The van der Waals surface area contributed by atoms with Crippen LogP contribution in [0.1, 0.15) is 94.6 Å². The SMILES string of the molecule is CC(=O)OC[C@]12[C@H](OC(C)=O)[C@H](OC(C)=O)[C@@H]3[C@@H](OC(C)=O)[C@@]14O[C@@]3(C)COC(=O)c1cccnc1[C@H](C)[C@H](C)C(=O)O[C@@H]([C@H](OC(=O)c1ccccc1)[C@@H]2OC(C)=O)[C@]4(C)O. The molecule has 13 atom stereocenters. The van der Waals surface area contributed by atoms with E-state index in [0.717, 1.165) is 41.5 Å². The summed E-state index contributed by atoms with van der Waals surface area (Å²) >= 11 is 0. The molecule has 334 valence electrons. The molecule has 1 saturated heterocycles. The van der Waals surface area contributed by atoms with E-state index < -0.39 is 138 Å². The molecule has 1 N–H and O–H groups in total. The number of nitrogens with zero attached hydrogens (tertiary/aromatic N) is 1. The lowest BCUT2D eigenvalue weighted by Crippen LogP contribution is -2.89. The van der Waals surface area contributed by atoms with Gasteiger partial charge in [0.25, 0.3) is 0 Å². The highest BCUT2D eigenvalue weighted by Gasteiger charge is 2.92. The molecule has 2 aliphatic carbocycles. The summed E-state index contributed by atoms with van der Waals surface area (Å²) in [5.41, 5.74) is -10.3. The third-order valence-corrected chi connectivity index (χ3v) is 12.4. The number of cyclic esters (lactones) is 1. The Morgan fingerprint density at radius 3 is 1.90 bits per heavy atom. The van der Waals surface area contributed by atoms with Crippen molar-refractivity contribution in [3.8, 4) is 0 Å². The Labute approximate surface area is 355 Å². The maximum absolute atomic E-state index is 14.6. The average molecular weight is 868 g/mol. The van der Waals surface area contributed by atoms with Gasteiger partial charge in [-0.25, -0.2) is 9.59 Å². The van der Waals surface area contributed by atoms with E-state index in [4.69, 9.17) is 42.6 Å². The lowest BCUT2D eigenvalue weighted by molar-refractivity contribution is -0.386. The third-order valence-electron chi connectivity index (χ3n) is 12.4. The van der Waals surface area contributed by atoms with Crippen LogP contribution in [-0.2, 0) is 71.4 Å². The second-order valence-electron chi connectivity index (χ2n) is 16.5. The number of carbonyl (C=O) groups is 8. The summed E-state index contributed by atoms with van der Waals surface area (Å²) in [6.45, 7) is 8.69. The van der Waals surface area contributed by atoms with Gasteiger partial charge in [-0.15, -0.1) is 0 Å². The van der Waals surface area contributed by atoms with Crippen LogP contribution in [0.5, 0.6) is 0 Å². The topological polar surface area (TPSA) is 253 Å². The summed E-state index contributed by atoms with van der Waals surface area (Å²) in [6.07, 6.45) is -10.8. The van der Waals surface area contributed by atoms with Gasteiger partial charge in [-0.05, 0) is 38.1 Å². The Morgan fingerprint density at radius 2 is 1.32 bits per heavy atom. The second kappa shape index (κ2) is 16.7. The lowest BCUT2D eigenvalue weighted by atomic mass is 9.45. The predicted octanol–water partition coefficient (Wildman–Crippen LogP) is 2.33. The minimum atomic E-state index is -2.87. The van der Waals surface area contributed by atoms with E-state index in [1.807, 2.05) is 0 Å². The van der Waals surface area contributed by atoms with Crippen LogP contribution in [0, 0.1) is 17.3 Å². The number of hydrogen-bond donors (Lipinski definition) is 1. The van der Waals surface area contributed by atoms with Crippen LogP contribution < -0.4 is 0 Å². The summed E-state index contributed by atoms with van der Waals surface area (Å²) < 4.78 is 55.4. The van der Waals surface area contributed by atoms with Crippen molar-refractivity contribution in [2.45, 2.75) is 122 Å². The van der Waals surface area contributed by atoms with Crippen molar-refractivity contribution in [2.75, 3.05) is 13.2 Å². The summed E-state index contributed by atoms with van der Waals surface area (Å²) in [5.74, 6) is -11.8.